The first kappa shape index (κ1) is 24.7. The smallest absolute Gasteiger partial charge is 0.115 e. The highest BCUT2D eigenvalue weighted by molar-refractivity contribution is 5.49. The fourth-order valence-electron chi connectivity index (χ4n) is 2.91. The third-order valence-electron chi connectivity index (χ3n) is 4.48. The number of hydrogen-bond donors (Lipinski definition) is 3. The highest BCUT2D eigenvalue weighted by Gasteiger charge is 2.17. The molecule has 2 unspecified atom stereocenters. The molecule has 6 nitrogen and oxygen atoms in total. The molecular formula is C22H39NO5. The van der Waals surface area contributed by atoms with E-state index in [0.29, 0.717) is 26.3 Å². The Morgan fingerprint density at radius 1 is 0.786 bits per heavy atom. The average Bonchev–Trinajstić information content (AvgIpc) is 2.68. The molecule has 28 heavy (non-hydrogen) atoms. The number of unbranched alkanes of at least 4 members (excludes halogenated alkanes) is 4. The number of aliphatic hydroxyl groups is 2. The molecule has 0 heterocycles. The maximum atomic E-state index is 10.3. The number of ether oxygens (including phenoxy) is 2. The van der Waals surface area contributed by atoms with E-state index in [0.717, 1.165) is 44.2 Å². The molecular weight excluding hydrogens is 358 g/mol. The van der Waals surface area contributed by atoms with Crippen molar-refractivity contribution in [1.29, 1.82) is 0 Å². The van der Waals surface area contributed by atoms with Crippen LogP contribution in [0.1, 0.15) is 52.4 Å². The summed E-state index contributed by atoms with van der Waals surface area (Å²) < 4.78 is 11.1. The molecule has 0 saturated carbocycles. The quantitative estimate of drug-likeness (QED) is 0.350. The Hall–Kier alpha value is -1.34. The van der Waals surface area contributed by atoms with Gasteiger partial charge in [0.2, 0.25) is 0 Å². The summed E-state index contributed by atoms with van der Waals surface area (Å²) in [5, 5.41) is 30.2. The summed E-state index contributed by atoms with van der Waals surface area (Å²) in [7, 11) is 0. The SMILES string of the molecule is CCCCCOCC(O)CN(CC(O)COCCCCC)c1ccc(O)cc1. The van der Waals surface area contributed by atoms with Gasteiger partial charge in [-0.05, 0) is 37.1 Å². The lowest BCUT2D eigenvalue weighted by atomic mass is 10.2. The third-order valence-corrected chi connectivity index (χ3v) is 4.48. The van der Waals surface area contributed by atoms with E-state index >= 15 is 0 Å². The number of anilines is 1. The number of aromatic hydroxyl groups is 1. The van der Waals surface area contributed by atoms with Gasteiger partial charge < -0.3 is 29.7 Å². The van der Waals surface area contributed by atoms with Crippen molar-refractivity contribution in [3.05, 3.63) is 24.3 Å². The van der Waals surface area contributed by atoms with Gasteiger partial charge in [0.05, 0.1) is 25.4 Å². The van der Waals surface area contributed by atoms with Crippen LogP contribution in [0.15, 0.2) is 24.3 Å². The molecule has 0 aliphatic heterocycles. The van der Waals surface area contributed by atoms with E-state index in [9.17, 15) is 15.3 Å². The molecule has 0 aliphatic carbocycles. The van der Waals surface area contributed by atoms with E-state index in [2.05, 4.69) is 13.8 Å². The van der Waals surface area contributed by atoms with Crippen molar-refractivity contribution in [1.82, 2.24) is 0 Å². The van der Waals surface area contributed by atoms with Crippen LogP contribution in [0, 0.1) is 0 Å². The number of hydrogen-bond acceptors (Lipinski definition) is 6. The van der Waals surface area contributed by atoms with Crippen LogP contribution in [0.2, 0.25) is 0 Å². The average molecular weight is 398 g/mol. The fraction of sp³-hybridized carbons (Fsp3) is 0.727. The van der Waals surface area contributed by atoms with Crippen LogP contribution in [0.3, 0.4) is 0 Å². The number of aliphatic hydroxyl groups excluding tert-OH is 2. The van der Waals surface area contributed by atoms with Crippen LogP contribution in [0.4, 0.5) is 5.69 Å². The molecule has 0 saturated heterocycles. The largest absolute Gasteiger partial charge is 0.508 e. The first-order valence-electron chi connectivity index (χ1n) is 10.6. The highest BCUT2D eigenvalue weighted by atomic mass is 16.5. The lowest BCUT2D eigenvalue weighted by molar-refractivity contribution is 0.0285. The second kappa shape index (κ2) is 15.6. The molecule has 0 bridgehead atoms. The van der Waals surface area contributed by atoms with Crippen LogP contribution < -0.4 is 4.90 Å². The first-order valence-corrected chi connectivity index (χ1v) is 10.6. The maximum absolute atomic E-state index is 10.3. The van der Waals surface area contributed by atoms with Gasteiger partial charge in [-0.2, -0.15) is 0 Å². The summed E-state index contributed by atoms with van der Waals surface area (Å²) in [5.74, 6) is 0.184. The minimum Gasteiger partial charge on any atom is -0.508 e. The molecule has 0 aromatic heterocycles. The van der Waals surface area contributed by atoms with Crippen LogP contribution >= 0.6 is 0 Å². The van der Waals surface area contributed by atoms with Gasteiger partial charge in [0.1, 0.15) is 5.75 Å². The van der Waals surface area contributed by atoms with E-state index in [1.165, 1.54) is 0 Å². The number of benzene rings is 1. The van der Waals surface area contributed by atoms with Crippen molar-refractivity contribution in [3.63, 3.8) is 0 Å². The number of phenols is 1. The van der Waals surface area contributed by atoms with Gasteiger partial charge in [-0.15, -0.1) is 0 Å². The number of phenolic OH excluding ortho intramolecular Hbond substituents is 1. The lowest BCUT2D eigenvalue weighted by Crippen LogP contribution is -2.41. The summed E-state index contributed by atoms with van der Waals surface area (Å²) in [6, 6.07) is 6.76. The minimum atomic E-state index is -0.659. The zero-order valence-electron chi connectivity index (χ0n) is 17.6. The van der Waals surface area contributed by atoms with Crippen molar-refractivity contribution in [2.45, 2.75) is 64.6 Å². The van der Waals surface area contributed by atoms with Crippen molar-refractivity contribution < 1.29 is 24.8 Å². The molecule has 0 spiro atoms. The van der Waals surface area contributed by atoms with Crippen LogP contribution in [-0.4, -0.2) is 67.0 Å². The van der Waals surface area contributed by atoms with Gasteiger partial charge in [-0.1, -0.05) is 39.5 Å². The van der Waals surface area contributed by atoms with Gasteiger partial charge in [0, 0.05) is 32.0 Å². The monoisotopic (exact) mass is 397 g/mol. The molecule has 1 aromatic rings. The van der Waals surface area contributed by atoms with Crippen molar-refractivity contribution >= 4 is 5.69 Å². The van der Waals surface area contributed by atoms with Crippen molar-refractivity contribution in [3.8, 4) is 5.75 Å². The van der Waals surface area contributed by atoms with Gasteiger partial charge in [-0.25, -0.2) is 0 Å². The normalized spacial score (nSPS) is 13.4. The van der Waals surface area contributed by atoms with E-state index in [4.69, 9.17) is 9.47 Å². The minimum absolute atomic E-state index is 0.184. The van der Waals surface area contributed by atoms with E-state index in [1.807, 2.05) is 4.90 Å². The molecule has 3 N–H and O–H groups in total. The Bertz CT molecular complexity index is 460. The van der Waals surface area contributed by atoms with Crippen LogP contribution in [0.5, 0.6) is 5.75 Å². The summed E-state index contributed by atoms with van der Waals surface area (Å²) in [6.45, 7) is 6.80. The Balaban J connectivity index is 2.51. The van der Waals surface area contributed by atoms with Crippen molar-refractivity contribution in [2.75, 3.05) is 44.4 Å². The maximum Gasteiger partial charge on any atom is 0.115 e. The molecule has 6 heteroatoms. The Kier molecular flexibility index (Phi) is 13.7. The predicted octanol–water partition coefficient (Wildman–Crippen LogP) is 3.33. The Morgan fingerprint density at radius 3 is 1.68 bits per heavy atom. The van der Waals surface area contributed by atoms with E-state index in [1.54, 1.807) is 24.3 Å². The van der Waals surface area contributed by atoms with Gasteiger partial charge in [0.25, 0.3) is 0 Å². The molecule has 2 atom stereocenters. The standard InChI is InChI=1S/C22H39NO5/c1-3-5-7-13-27-17-21(25)15-23(19-9-11-20(24)12-10-19)16-22(26)18-28-14-8-6-4-2/h9-12,21-22,24-26H,3-8,13-18H2,1-2H3. The Morgan fingerprint density at radius 2 is 1.25 bits per heavy atom. The Labute approximate surface area is 170 Å². The predicted molar refractivity (Wildman–Crippen MR) is 113 cm³/mol. The third kappa shape index (κ3) is 11.5. The summed E-state index contributed by atoms with van der Waals surface area (Å²) >= 11 is 0. The van der Waals surface area contributed by atoms with E-state index < -0.39 is 12.2 Å². The molecule has 1 rings (SSSR count). The second-order valence-corrected chi connectivity index (χ2v) is 7.29. The molecule has 0 amide bonds. The summed E-state index contributed by atoms with van der Waals surface area (Å²) in [4.78, 5) is 1.90. The topological polar surface area (TPSA) is 82.4 Å². The van der Waals surface area contributed by atoms with Crippen LogP contribution in [0.25, 0.3) is 0 Å². The molecule has 0 radical (unpaired) electrons. The highest BCUT2D eigenvalue weighted by Crippen LogP contribution is 2.19. The zero-order chi connectivity index (χ0) is 20.6. The van der Waals surface area contributed by atoms with Gasteiger partial charge >= 0.3 is 0 Å². The fourth-order valence-corrected chi connectivity index (χ4v) is 2.91. The molecule has 1 aromatic carbocycles. The van der Waals surface area contributed by atoms with E-state index in [-0.39, 0.29) is 19.0 Å². The first-order chi connectivity index (χ1) is 13.6. The van der Waals surface area contributed by atoms with Crippen molar-refractivity contribution in [2.24, 2.45) is 0 Å². The number of nitrogens with zero attached hydrogens (tertiary/aromatic N) is 1. The molecule has 162 valence electrons. The van der Waals surface area contributed by atoms with Gasteiger partial charge in [0.15, 0.2) is 0 Å². The second-order valence-electron chi connectivity index (χ2n) is 7.29. The molecule has 0 aliphatic rings. The summed E-state index contributed by atoms with van der Waals surface area (Å²) in [6.07, 6.45) is 5.21. The lowest BCUT2D eigenvalue weighted by Gasteiger charge is -2.29. The van der Waals surface area contributed by atoms with Crippen LogP contribution in [-0.2, 0) is 9.47 Å². The molecule has 0 fully saturated rings. The summed E-state index contributed by atoms with van der Waals surface area (Å²) in [5.41, 5.74) is 0.827. The number of rotatable bonds is 17. The van der Waals surface area contributed by atoms with Gasteiger partial charge in [-0.3, -0.25) is 0 Å². The zero-order valence-corrected chi connectivity index (χ0v) is 17.6.